The highest BCUT2D eigenvalue weighted by molar-refractivity contribution is 7.99. The van der Waals surface area contributed by atoms with Gasteiger partial charge in [0.2, 0.25) is 11.9 Å². The number of hydrogen-bond acceptors (Lipinski definition) is 6. The van der Waals surface area contributed by atoms with Crippen LogP contribution in [-0.4, -0.2) is 41.1 Å². The van der Waals surface area contributed by atoms with Gasteiger partial charge in [0, 0.05) is 11.8 Å². The Morgan fingerprint density at radius 3 is 2.64 bits per heavy atom. The van der Waals surface area contributed by atoms with E-state index in [1.54, 1.807) is 38.1 Å². The van der Waals surface area contributed by atoms with E-state index in [2.05, 4.69) is 51.7 Å². The number of H-pyrrole nitrogens is 1. The molecule has 3 aromatic rings. The van der Waals surface area contributed by atoms with Crippen molar-refractivity contribution >= 4 is 23.6 Å². The van der Waals surface area contributed by atoms with Crippen LogP contribution in [0.4, 0.5) is 5.95 Å². The second-order valence-corrected chi connectivity index (χ2v) is 7.09. The molecule has 2 aromatic carbocycles. The Morgan fingerprint density at radius 2 is 1.93 bits per heavy atom. The summed E-state index contributed by atoms with van der Waals surface area (Å²) in [5.41, 5.74) is 3.14. The van der Waals surface area contributed by atoms with E-state index < -0.39 is 0 Å². The number of aryl methyl sites for hydroxylation is 1. The van der Waals surface area contributed by atoms with Gasteiger partial charge in [0.1, 0.15) is 11.5 Å². The highest BCUT2D eigenvalue weighted by Crippen LogP contribution is 2.31. The summed E-state index contributed by atoms with van der Waals surface area (Å²) in [6.45, 7) is 2.05. The van der Waals surface area contributed by atoms with E-state index >= 15 is 0 Å². The van der Waals surface area contributed by atoms with Crippen LogP contribution < -0.4 is 14.8 Å². The summed E-state index contributed by atoms with van der Waals surface area (Å²) < 4.78 is 10.6. The van der Waals surface area contributed by atoms with Crippen molar-refractivity contribution in [2.24, 2.45) is 0 Å². The van der Waals surface area contributed by atoms with E-state index in [4.69, 9.17) is 9.47 Å². The number of nitrogens with zero attached hydrogens (tertiary/aromatic N) is 2. The lowest BCUT2D eigenvalue weighted by Crippen LogP contribution is -2.15. The molecule has 146 valence electrons. The Hall–Kier alpha value is -3.00. The highest BCUT2D eigenvalue weighted by Gasteiger charge is 2.13. The molecular formula is C20H22N4O3S. The lowest BCUT2D eigenvalue weighted by Gasteiger charge is -2.07. The molecule has 0 unspecified atom stereocenters. The van der Waals surface area contributed by atoms with Crippen LogP contribution in [0.2, 0.25) is 0 Å². The van der Waals surface area contributed by atoms with Crippen LogP contribution in [0.15, 0.2) is 42.5 Å². The van der Waals surface area contributed by atoms with Crippen molar-refractivity contribution in [1.29, 1.82) is 0 Å². The monoisotopic (exact) mass is 398 g/mol. The number of benzene rings is 2. The second kappa shape index (κ2) is 9.27. The lowest BCUT2D eigenvalue weighted by atomic mass is 10.2. The third kappa shape index (κ3) is 5.04. The van der Waals surface area contributed by atoms with Gasteiger partial charge in [-0.05, 0) is 24.6 Å². The van der Waals surface area contributed by atoms with Gasteiger partial charge in [-0.3, -0.25) is 15.2 Å². The first-order chi connectivity index (χ1) is 13.6. The first-order valence-corrected chi connectivity index (χ1v) is 9.82. The summed E-state index contributed by atoms with van der Waals surface area (Å²) in [5, 5.41) is 9.59. The quantitative estimate of drug-likeness (QED) is 0.602. The number of aromatic amines is 1. The van der Waals surface area contributed by atoms with E-state index in [-0.39, 0.29) is 11.9 Å². The number of nitrogens with one attached hydrogen (secondary N) is 2. The Balaban J connectivity index is 1.57. The topological polar surface area (TPSA) is 89.1 Å². The Labute approximate surface area is 167 Å². The fourth-order valence-electron chi connectivity index (χ4n) is 2.54. The van der Waals surface area contributed by atoms with Crippen molar-refractivity contribution in [3.8, 4) is 22.9 Å². The number of rotatable bonds is 8. The maximum absolute atomic E-state index is 12.1. The van der Waals surface area contributed by atoms with Gasteiger partial charge in [-0.1, -0.05) is 29.8 Å². The summed E-state index contributed by atoms with van der Waals surface area (Å²) in [5.74, 6) is 2.96. The van der Waals surface area contributed by atoms with Gasteiger partial charge >= 0.3 is 0 Å². The molecule has 1 heterocycles. The molecule has 2 N–H and O–H groups in total. The van der Waals surface area contributed by atoms with Crippen molar-refractivity contribution in [3.63, 3.8) is 0 Å². The minimum absolute atomic E-state index is 0.149. The Kier molecular flexibility index (Phi) is 6.54. The van der Waals surface area contributed by atoms with Crippen molar-refractivity contribution in [3.05, 3.63) is 53.6 Å². The van der Waals surface area contributed by atoms with Gasteiger partial charge in [-0.2, -0.15) is 4.98 Å². The average molecular weight is 398 g/mol. The number of ether oxygens (including phenoxy) is 2. The minimum atomic E-state index is -0.149. The number of aromatic nitrogens is 3. The van der Waals surface area contributed by atoms with Gasteiger partial charge in [-0.15, -0.1) is 16.9 Å². The molecule has 28 heavy (non-hydrogen) atoms. The number of anilines is 1. The molecule has 0 aliphatic rings. The lowest BCUT2D eigenvalue weighted by molar-refractivity contribution is -0.113. The molecule has 0 spiro atoms. The maximum Gasteiger partial charge on any atom is 0.249 e. The molecule has 0 fully saturated rings. The van der Waals surface area contributed by atoms with Crippen molar-refractivity contribution in [2.45, 2.75) is 12.7 Å². The normalized spacial score (nSPS) is 10.5. The summed E-state index contributed by atoms with van der Waals surface area (Å²) in [6, 6.07) is 13.7. The van der Waals surface area contributed by atoms with E-state index in [0.717, 1.165) is 11.3 Å². The highest BCUT2D eigenvalue weighted by atomic mass is 32.2. The molecular weight excluding hydrogens is 376 g/mol. The zero-order valence-corrected chi connectivity index (χ0v) is 16.8. The number of carbonyl (C=O) groups excluding carboxylic acids is 1. The fourth-order valence-corrected chi connectivity index (χ4v) is 3.33. The van der Waals surface area contributed by atoms with Crippen LogP contribution >= 0.6 is 11.8 Å². The molecule has 0 radical (unpaired) electrons. The third-order valence-corrected chi connectivity index (χ3v) is 5.03. The largest absolute Gasteiger partial charge is 0.497 e. The molecule has 7 nitrogen and oxygen atoms in total. The van der Waals surface area contributed by atoms with Gasteiger partial charge in [0.25, 0.3) is 0 Å². The zero-order valence-electron chi connectivity index (χ0n) is 16.0. The van der Waals surface area contributed by atoms with E-state index in [1.165, 1.54) is 11.1 Å². The van der Waals surface area contributed by atoms with E-state index in [0.29, 0.717) is 23.1 Å². The summed E-state index contributed by atoms with van der Waals surface area (Å²) in [7, 11) is 3.16. The van der Waals surface area contributed by atoms with Gasteiger partial charge in [0.05, 0.1) is 25.5 Å². The predicted molar refractivity (Wildman–Crippen MR) is 111 cm³/mol. The SMILES string of the molecule is COc1ccc(-c2nc(NC(=O)CSCc3ccc(C)cc3)n[nH]2)c(OC)c1. The molecule has 0 aliphatic carbocycles. The number of carbonyl (C=O) groups is 1. The van der Waals surface area contributed by atoms with Gasteiger partial charge < -0.3 is 9.47 Å². The molecule has 0 atom stereocenters. The molecule has 3 rings (SSSR count). The van der Waals surface area contributed by atoms with Crippen LogP contribution in [0.3, 0.4) is 0 Å². The van der Waals surface area contributed by atoms with E-state index in [9.17, 15) is 4.79 Å². The number of methoxy groups -OCH3 is 2. The molecule has 0 bridgehead atoms. The van der Waals surface area contributed by atoms with Crippen LogP contribution in [0, 0.1) is 6.92 Å². The summed E-state index contributed by atoms with van der Waals surface area (Å²) >= 11 is 1.54. The maximum atomic E-state index is 12.1. The van der Waals surface area contributed by atoms with Crippen LogP contribution in [0.5, 0.6) is 11.5 Å². The molecule has 8 heteroatoms. The number of thioether (sulfide) groups is 1. The summed E-state index contributed by atoms with van der Waals surface area (Å²) in [4.78, 5) is 16.5. The van der Waals surface area contributed by atoms with Crippen LogP contribution in [-0.2, 0) is 10.5 Å². The van der Waals surface area contributed by atoms with Crippen LogP contribution in [0.25, 0.3) is 11.4 Å². The van der Waals surface area contributed by atoms with Crippen LogP contribution in [0.1, 0.15) is 11.1 Å². The molecule has 0 saturated carbocycles. The minimum Gasteiger partial charge on any atom is -0.497 e. The smallest absolute Gasteiger partial charge is 0.249 e. The third-order valence-electron chi connectivity index (χ3n) is 4.02. The van der Waals surface area contributed by atoms with Crippen molar-refractivity contribution < 1.29 is 14.3 Å². The molecule has 0 saturated heterocycles. The number of amides is 1. The van der Waals surface area contributed by atoms with Gasteiger partial charge in [-0.25, -0.2) is 0 Å². The molecule has 0 aliphatic heterocycles. The standard InChI is InChI=1S/C20H22N4O3S/c1-13-4-6-14(7-5-13)11-28-12-18(25)21-20-22-19(23-24-20)16-9-8-15(26-2)10-17(16)27-3/h4-10H,11-12H2,1-3H3,(H2,21,22,23,24,25). The first-order valence-electron chi connectivity index (χ1n) is 8.67. The van der Waals surface area contributed by atoms with Crippen molar-refractivity contribution in [1.82, 2.24) is 15.2 Å². The first kappa shape index (κ1) is 19.8. The molecule has 1 aromatic heterocycles. The Morgan fingerprint density at radius 1 is 1.14 bits per heavy atom. The number of hydrogen-bond donors (Lipinski definition) is 2. The van der Waals surface area contributed by atoms with E-state index in [1.807, 2.05) is 6.07 Å². The average Bonchev–Trinajstić information content (AvgIpc) is 3.17. The summed E-state index contributed by atoms with van der Waals surface area (Å²) in [6.07, 6.45) is 0. The van der Waals surface area contributed by atoms with Crippen molar-refractivity contribution in [2.75, 3.05) is 25.3 Å². The van der Waals surface area contributed by atoms with Gasteiger partial charge in [0.15, 0.2) is 5.82 Å². The fraction of sp³-hybridized carbons (Fsp3) is 0.250. The second-order valence-electron chi connectivity index (χ2n) is 6.10. The predicted octanol–water partition coefficient (Wildman–Crippen LogP) is 3.67. The molecule has 1 amide bonds. The zero-order chi connectivity index (χ0) is 19.9. The Bertz CT molecular complexity index is 941.